The first kappa shape index (κ1) is 34.4. The number of aryl methyl sites for hydroxylation is 3. The van der Waals surface area contributed by atoms with Crippen LogP contribution >= 0.6 is 0 Å². The number of allylic oxidation sites excluding steroid dienone is 1. The molecule has 4 heteroatoms. The number of benzene rings is 1. The van der Waals surface area contributed by atoms with Crippen molar-refractivity contribution in [3.63, 3.8) is 0 Å². The number of nitrogens with one attached hydrogen (secondary N) is 1. The molecule has 1 saturated heterocycles. The molecule has 1 aliphatic carbocycles. The van der Waals surface area contributed by atoms with Gasteiger partial charge in [-0.3, -0.25) is 9.89 Å². The Balaban J connectivity index is 1.57. The number of rotatable bonds is 16. The topological polar surface area (TPSA) is 34.6 Å². The van der Waals surface area contributed by atoms with Crippen molar-refractivity contribution in [2.24, 2.45) is 16.3 Å². The van der Waals surface area contributed by atoms with Crippen LogP contribution in [0.15, 0.2) is 41.0 Å². The number of hydrogen-bond donors (Lipinski definition) is 1. The quantitative estimate of drug-likeness (QED) is 0.195. The highest BCUT2D eigenvalue weighted by Crippen LogP contribution is 2.38. The Bertz CT molecular complexity index is 1280. The van der Waals surface area contributed by atoms with Crippen molar-refractivity contribution in [3.8, 4) is 11.3 Å². The van der Waals surface area contributed by atoms with Gasteiger partial charge in [0.05, 0.1) is 0 Å². The van der Waals surface area contributed by atoms with E-state index in [1.165, 1.54) is 116 Å². The van der Waals surface area contributed by atoms with Crippen LogP contribution in [0.3, 0.4) is 0 Å². The number of aliphatic imine (C=N–C) groups is 1. The molecule has 1 aromatic heterocycles. The molecule has 0 spiro atoms. The van der Waals surface area contributed by atoms with Crippen molar-refractivity contribution in [1.82, 2.24) is 14.8 Å². The first-order chi connectivity index (χ1) is 21.0. The van der Waals surface area contributed by atoms with E-state index >= 15 is 0 Å². The van der Waals surface area contributed by atoms with Gasteiger partial charge >= 0.3 is 0 Å². The molecule has 0 amide bonds. The third kappa shape index (κ3) is 8.63. The molecule has 2 aromatic rings. The Morgan fingerprint density at radius 3 is 2.36 bits per heavy atom. The van der Waals surface area contributed by atoms with Gasteiger partial charge in [0.25, 0.3) is 0 Å². The fourth-order valence-corrected chi connectivity index (χ4v) is 7.20. The molecule has 2 aliphatic rings. The zero-order chi connectivity index (χ0) is 31.9. The number of nitrogens with zero attached hydrogens (tertiary/aromatic N) is 3. The Kier molecular flexibility index (Phi) is 12.3. The zero-order valence-electron chi connectivity index (χ0n) is 29.5. The first-order valence-electron chi connectivity index (χ1n) is 17.7. The Morgan fingerprint density at radius 2 is 1.75 bits per heavy atom. The highest BCUT2D eigenvalue weighted by molar-refractivity contribution is 5.74. The molecule has 1 saturated carbocycles. The van der Waals surface area contributed by atoms with Gasteiger partial charge < -0.3 is 9.88 Å². The van der Waals surface area contributed by atoms with Crippen LogP contribution < -0.4 is 0 Å². The van der Waals surface area contributed by atoms with Gasteiger partial charge in [-0.05, 0) is 121 Å². The predicted octanol–water partition coefficient (Wildman–Crippen LogP) is 9.94. The maximum Gasteiger partial charge on any atom is 0.0495 e. The summed E-state index contributed by atoms with van der Waals surface area (Å²) < 4.78 is 0. The Morgan fingerprint density at radius 1 is 1.07 bits per heavy atom. The number of aromatic nitrogens is 1. The monoisotopic (exact) mass is 598 g/mol. The maximum absolute atomic E-state index is 4.86. The van der Waals surface area contributed by atoms with Crippen LogP contribution in [0.25, 0.3) is 17.3 Å². The minimum atomic E-state index is -0.210. The van der Waals surface area contributed by atoms with Gasteiger partial charge in [0.2, 0.25) is 0 Å². The van der Waals surface area contributed by atoms with Crippen LogP contribution in [-0.4, -0.2) is 59.8 Å². The Labute approximate surface area is 270 Å². The summed E-state index contributed by atoms with van der Waals surface area (Å²) >= 11 is 0. The molecule has 1 atom stereocenters. The van der Waals surface area contributed by atoms with E-state index in [-0.39, 0.29) is 5.41 Å². The summed E-state index contributed by atoms with van der Waals surface area (Å²) in [5.74, 6) is 0.920. The lowest BCUT2D eigenvalue weighted by atomic mass is 9.81. The van der Waals surface area contributed by atoms with E-state index in [0.717, 1.165) is 31.0 Å². The summed E-state index contributed by atoms with van der Waals surface area (Å²) in [7, 11) is 0. The molecule has 2 fully saturated rings. The second-order valence-corrected chi connectivity index (χ2v) is 14.5. The third-order valence-electron chi connectivity index (χ3n) is 10.6. The number of H-pyrrole nitrogens is 1. The standard InChI is InChI=1S/C40H62N4/c1-10-20-44(21-11-2)36-17-22-43(28-36)23-18-37-38(32(6)42-39(37)35-25-29(3)24-30(4)26-35)27-31(5)40(8,9)33(7)41-19-13-16-34-14-12-15-34/h19,24-27,34,36,42H,7,10-18,20-23,28H2,1-6,8-9H3/b31-27+,41-19?. The highest BCUT2D eigenvalue weighted by atomic mass is 15.2. The summed E-state index contributed by atoms with van der Waals surface area (Å²) in [4.78, 5) is 14.2. The molecular weight excluding hydrogens is 536 g/mol. The molecule has 2 heterocycles. The van der Waals surface area contributed by atoms with Crippen LogP contribution in [0, 0.1) is 32.1 Å². The minimum Gasteiger partial charge on any atom is -0.358 e. The van der Waals surface area contributed by atoms with E-state index in [2.05, 4.69) is 107 Å². The number of likely N-dealkylation sites (tertiary alicyclic amines) is 1. The van der Waals surface area contributed by atoms with Crippen molar-refractivity contribution < 1.29 is 0 Å². The summed E-state index contributed by atoms with van der Waals surface area (Å²) in [6, 6.07) is 7.65. The second kappa shape index (κ2) is 15.7. The third-order valence-corrected chi connectivity index (χ3v) is 10.6. The molecule has 1 N–H and O–H groups in total. The largest absolute Gasteiger partial charge is 0.358 e. The summed E-state index contributed by atoms with van der Waals surface area (Å²) in [5, 5.41) is 0. The van der Waals surface area contributed by atoms with Crippen molar-refractivity contribution in [3.05, 3.63) is 64.0 Å². The van der Waals surface area contributed by atoms with Crippen LogP contribution in [-0.2, 0) is 6.42 Å². The Hall–Kier alpha value is -2.43. The van der Waals surface area contributed by atoms with Crippen LogP contribution in [0.1, 0.15) is 114 Å². The van der Waals surface area contributed by atoms with Gasteiger partial charge in [0, 0.05) is 47.8 Å². The van der Waals surface area contributed by atoms with E-state index < -0.39 is 0 Å². The van der Waals surface area contributed by atoms with Crippen LogP contribution in [0.5, 0.6) is 0 Å². The fraction of sp³-hybridized carbons (Fsp3) is 0.625. The van der Waals surface area contributed by atoms with Gasteiger partial charge in [-0.25, -0.2) is 0 Å². The molecule has 1 unspecified atom stereocenters. The van der Waals surface area contributed by atoms with Gasteiger partial charge in [-0.1, -0.05) is 82.4 Å². The van der Waals surface area contributed by atoms with Crippen molar-refractivity contribution in [1.29, 1.82) is 0 Å². The lowest BCUT2D eigenvalue weighted by Gasteiger charge is -2.28. The highest BCUT2D eigenvalue weighted by Gasteiger charge is 2.28. The molecule has 4 nitrogen and oxygen atoms in total. The average Bonchev–Trinajstić information content (AvgIpc) is 3.54. The molecular formula is C40H62N4. The lowest BCUT2D eigenvalue weighted by molar-refractivity contribution is 0.193. The van der Waals surface area contributed by atoms with Crippen LogP contribution in [0.4, 0.5) is 0 Å². The molecule has 1 aliphatic heterocycles. The van der Waals surface area contributed by atoms with Crippen molar-refractivity contribution >= 4 is 12.3 Å². The van der Waals surface area contributed by atoms with Crippen LogP contribution in [0.2, 0.25) is 0 Å². The second-order valence-electron chi connectivity index (χ2n) is 14.5. The van der Waals surface area contributed by atoms with Crippen molar-refractivity contribution in [2.75, 3.05) is 32.7 Å². The van der Waals surface area contributed by atoms with E-state index in [9.17, 15) is 0 Å². The van der Waals surface area contributed by atoms with Gasteiger partial charge in [-0.2, -0.15) is 0 Å². The van der Waals surface area contributed by atoms with Crippen molar-refractivity contribution in [2.45, 2.75) is 119 Å². The lowest BCUT2D eigenvalue weighted by Crippen LogP contribution is -2.38. The predicted molar refractivity (Wildman–Crippen MR) is 193 cm³/mol. The smallest absolute Gasteiger partial charge is 0.0495 e. The van der Waals surface area contributed by atoms with E-state index in [0.29, 0.717) is 6.04 Å². The molecule has 242 valence electrons. The SMILES string of the molecule is C=C(N=CCCC1CCC1)C(C)(C)/C(C)=C/c1c(C)[nH]c(-c2cc(C)cc(C)c2)c1CCN1CCC(N(CCC)CCC)C1. The summed E-state index contributed by atoms with van der Waals surface area (Å²) in [5.41, 5.74) is 11.3. The summed E-state index contributed by atoms with van der Waals surface area (Å²) in [6.45, 7) is 28.5. The minimum absolute atomic E-state index is 0.210. The molecule has 1 aromatic carbocycles. The van der Waals surface area contributed by atoms with Gasteiger partial charge in [0.1, 0.15) is 0 Å². The first-order valence-corrected chi connectivity index (χ1v) is 17.7. The number of hydrogen-bond acceptors (Lipinski definition) is 3. The van der Waals surface area contributed by atoms with E-state index in [4.69, 9.17) is 4.99 Å². The maximum atomic E-state index is 4.86. The zero-order valence-corrected chi connectivity index (χ0v) is 29.5. The molecule has 0 radical (unpaired) electrons. The van der Waals surface area contributed by atoms with E-state index in [1.54, 1.807) is 0 Å². The molecule has 44 heavy (non-hydrogen) atoms. The fourth-order valence-electron chi connectivity index (χ4n) is 7.20. The number of aromatic amines is 1. The average molecular weight is 599 g/mol. The van der Waals surface area contributed by atoms with Gasteiger partial charge in [0.15, 0.2) is 0 Å². The molecule has 0 bridgehead atoms. The molecule has 4 rings (SSSR count). The normalized spacial score (nSPS) is 18.6. The van der Waals surface area contributed by atoms with E-state index in [1.807, 2.05) is 0 Å². The van der Waals surface area contributed by atoms with Gasteiger partial charge in [-0.15, -0.1) is 0 Å². The summed E-state index contributed by atoms with van der Waals surface area (Å²) in [6.07, 6.45) is 15.9.